The molecule has 2 N–H and O–H groups in total. The highest BCUT2D eigenvalue weighted by atomic mass is 35.5. The highest BCUT2D eigenvalue weighted by molar-refractivity contribution is 6.32. The third-order valence-electron chi connectivity index (χ3n) is 1.90. The van der Waals surface area contributed by atoms with Gasteiger partial charge in [0, 0.05) is 5.69 Å². The summed E-state index contributed by atoms with van der Waals surface area (Å²) < 4.78 is 5.42. The average Bonchev–Trinajstić information content (AvgIpc) is 2.28. The topological polar surface area (TPSA) is 73.9 Å². The molecule has 5 nitrogen and oxygen atoms in total. The largest absolute Gasteiger partial charge is 0.435 e. The minimum Gasteiger partial charge on any atom is -0.435 e. The number of pyridine rings is 1. The second-order valence-electron chi connectivity index (χ2n) is 3.12. The standard InChI is InChI=1S/C10H9ClN4O/c1-6-2-3-7(4-13-6)16-10-8(12)9(11)14-5-15-10/h2-5H,12H2,1H3. The summed E-state index contributed by atoms with van der Waals surface area (Å²) in [6, 6.07) is 3.60. The Morgan fingerprint density at radius 3 is 2.75 bits per heavy atom. The molecule has 0 aromatic carbocycles. The molecule has 16 heavy (non-hydrogen) atoms. The number of nitrogens with two attached hydrogens (primary N) is 1. The van der Waals surface area contributed by atoms with E-state index < -0.39 is 0 Å². The lowest BCUT2D eigenvalue weighted by Gasteiger charge is -2.06. The zero-order valence-electron chi connectivity index (χ0n) is 8.51. The van der Waals surface area contributed by atoms with Crippen molar-refractivity contribution in [1.82, 2.24) is 15.0 Å². The Labute approximate surface area is 97.3 Å². The zero-order chi connectivity index (χ0) is 11.5. The molecule has 6 heteroatoms. The summed E-state index contributed by atoms with van der Waals surface area (Å²) in [4.78, 5) is 11.7. The van der Waals surface area contributed by atoms with Crippen LogP contribution >= 0.6 is 11.6 Å². The van der Waals surface area contributed by atoms with Crippen LogP contribution in [0.3, 0.4) is 0 Å². The predicted molar refractivity (Wildman–Crippen MR) is 60.5 cm³/mol. The van der Waals surface area contributed by atoms with Gasteiger partial charge >= 0.3 is 0 Å². The first-order valence-electron chi connectivity index (χ1n) is 4.53. The number of hydrogen-bond donors (Lipinski definition) is 1. The summed E-state index contributed by atoms with van der Waals surface area (Å²) in [5.74, 6) is 0.776. The lowest BCUT2D eigenvalue weighted by molar-refractivity contribution is 0.462. The molecule has 0 unspecified atom stereocenters. The van der Waals surface area contributed by atoms with Gasteiger partial charge in [0.1, 0.15) is 17.8 Å². The molecule has 0 saturated heterocycles. The fraction of sp³-hybridized carbons (Fsp3) is 0.100. The third-order valence-corrected chi connectivity index (χ3v) is 2.20. The van der Waals surface area contributed by atoms with Crippen molar-refractivity contribution in [2.75, 3.05) is 5.73 Å². The third kappa shape index (κ3) is 2.20. The summed E-state index contributed by atoms with van der Waals surface area (Å²) in [7, 11) is 0. The summed E-state index contributed by atoms with van der Waals surface area (Å²) in [5.41, 5.74) is 6.77. The van der Waals surface area contributed by atoms with Crippen molar-refractivity contribution >= 4 is 17.3 Å². The molecular formula is C10H9ClN4O. The van der Waals surface area contributed by atoms with Gasteiger partial charge in [0.05, 0.1) is 6.20 Å². The monoisotopic (exact) mass is 236 g/mol. The summed E-state index contributed by atoms with van der Waals surface area (Å²) in [6.45, 7) is 1.89. The van der Waals surface area contributed by atoms with E-state index in [9.17, 15) is 0 Å². The molecule has 0 fully saturated rings. The maximum absolute atomic E-state index is 5.73. The Balaban J connectivity index is 2.27. The van der Waals surface area contributed by atoms with Crippen molar-refractivity contribution in [3.8, 4) is 11.6 Å². The molecule has 0 amide bonds. The molecule has 0 aliphatic heterocycles. The van der Waals surface area contributed by atoms with E-state index in [4.69, 9.17) is 22.1 Å². The fourth-order valence-electron chi connectivity index (χ4n) is 1.07. The highest BCUT2D eigenvalue weighted by Gasteiger charge is 2.08. The minimum atomic E-state index is 0.171. The van der Waals surface area contributed by atoms with Gasteiger partial charge in [0.15, 0.2) is 5.15 Å². The quantitative estimate of drug-likeness (QED) is 0.810. The molecule has 0 atom stereocenters. The first kappa shape index (κ1) is 10.6. The molecule has 0 radical (unpaired) electrons. The van der Waals surface area contributed by atoms with E-state index in [-0.39, 0.29) is 16.7 Å². The Hall–Kier alpha value is -1.88. The highest BCUT2D eigenvalue weighted by Crippen LogP contribution is 2.28. The van der Waals surface area contributed by atoms with Crippen LogP contribution in [0.4, 0.5) is 5.69 Å². The molecule has 2 rings (SSSR count). The van der Waals surface area contributed by atoms with Crippen molar-refractivity contribution in [2.24, 2.45) is 0 Å². The van der Waals surface area contributed by atoms with Crippen molar-refractivity contribution in [2.45, 2.75) is 6.92 Å². The maximum atomic E-state index is 5.73. The fourth-order valence-corrected chi connectivity index (χ4v) is 1.19. The van der Waals surface area contributed by atoms with Crippen molar-refractivity contribution in [3.63, 3.8) is 0 Å². The Morgan fingerprint density at radius 2 is 2.06 bits per heavy atom. The second-order valence-corrected chi connectivity index (χ2v) is 3.48. The number of aryl methyl sites for hydroxylation is 1. The SMILES string of the molecule is Cc1ccc(Oc2ncnc(Cl)c2N)cn1. The average molecular weight is 237 g/mol. The van der Waals surface area contributed by atoms with Gasteiger partial charge < -0.3 is 10.5 Å². The number of aromatic nitrogens is 3. The van der Waals surface area contributed by atoms with Crippen LogP contribution in [0, 0.1) is 6.92 Å². The normalized spacial score (nSPS) is 10.1. The van der Waals surface area contributed by atoms with Gasteiger partial charge in [-0.05, 0) is 19.1 Å². The Kier molecular flexibility index (Phi) is 2.87. The number of halogens is 1. The number of ether oxygens (including phenoxy) is 1. The van der Waals surface area contributed by atoms with Crippen LogP contribution in [-0.4, -0.2) is 15.0 Å². The van der Waals surface area contributed by atoms with Crippen molar-refractivity contribution < 1.29 is 4.74 Å². The van der Waals surface area contributed by atoms with E-state index in [1.54, 1.807) is 12.3 Å². The summed E-state index contributed by atoms with van der Waals surface area (Å²) >= 11 is 5.73. The maximum Gasteiger partial charge on any atom is 0.247 e. The molecule has 0 saturated carbocycles. The van der Waals surface area contributed by atoms with Crippen LogP contribution in [-0.2, 0) is 0 Å². The van der Waals surface area contributed by atoms with Crippen LogP contribution in [0.15, 0.2) is 24.7 Å². The van der Waals surface area contributed by atoms with Crippen LogP contribution < -0.4 is 10.5 Å². The Morgan fingerprint density at radius 1 is 1.25 bits per heavy atom. The van der Waals surface area contributed by atoms with E-state index in [2.05, 4.69) is 15.0 Å². The first-order chi connectivity index (χ1) is 7.66. The molecular weight excluding hydrogens is 228 g/mol. The molecule has 0 aliphatic rings. The second kappa shape index (κ2) is 4.32. The van der Waals surface area contributed by atoms with Crippen molar-refractivity contribution in [3.05, 3.63) is 35.5 Å². The van der Waals surface area contributed by atoms with Gasteiger partial charge in [-0.15, -0.1) is 0 Å². The molecule has 0 aliphatic carbocycles. The number of nitrogen functional groups attached to an aromatic ring is 1. The lowest BCUT2D eigenvalue weighted by atomic mass is 10.4. The number of nitrogens with zero attached hydrogens (tertiary/aromatic N) is 3. The lowest BCUT2D eigenvalue weighted by Crippen LogP contribution is -1.97. The molecule has 2 aromatic heterocycles. The number of hydrogen-bond acceptors (Lipinski definition) is 5. The van der Waals surface area contributed by atoms with E-state index in [0.29, 0.717) is 5.75 Å². The van der Waals surface area contributed by atoms with Crippen LogP contribution in [0.25, 0.3) is 0 Å². The van der Waals surface area contributed by atoms with E-state index >= 15 is 0 Å². The molecule has 82 valence electrons. The van der Waals surface area contributed by atoms with Crippen LogP contribution in [0.2, 0.25) is 5.15 Å². The molecule has 0 spiro atoms. The predicted octanol–water partition coefficient (Wildman–Crippen LogP) is 2.21. The van der Waals surface area contributed by atoms with E-state index in [1.807, 2.05) is 13.0 Å². The zero-order valence-corrected chi connectivity index (χ0v) is 9.27. The first-order valence-corrected chi connectivity index (χ1v) is 4.91. The Bertz CT molecular complexity index is 501. The molecule has 2 heterocycles. The number of rotatable bonds is 2. The smallest absolute Gasteiger partial charge is 0.247 e. The van der Waals surface area contributed by atoms with Crippen LogP contribution in [0.5, 0.6) is 11.6 Å². The molecule has 0 bridgehead atoms. The minimum absolute atomic E-state index is 0.171. The van der Waals surface area contributed by atoms with Gasteiger partial charge in [0.25, 0.3) is 0 Å². The van der Waals surface area contributed by atoms with Gasteiger partial charge in [0.2, 0.25) is 5.88 Å². The van der Waals surface area contributed by atoms with Crippen LogP contribution in [0.1, 0.15) is 5.69 Å². The van der Waals surface area contributed by atoms with E-state index in [1.165, 1.54) is 6.33 Å². The van der Waals surface area contributed by atoms with Gasteiger partial charge in [-0.3, -0.25) is 4.98 Å². The van der Waals surface area contributed by atoms with Gasteiger partial charge in [-0.1, -0.05) is 11.6 Å². The van der Waals surface area contributed by atoms with Gasteiger partial charge in [-0.2, -0.15) is 4.98 Å². The summed E-state index contributed by atoms with van der Waals surface area (Å²) in [6.07, 6.45) is 2.88. The molecule has 2 aromatic rings. The van der Waals surface area contributed by atoms with E-state index in [0.717, 1.165) is 5.69 Å². The summed E-state index contributed by atoms with van der Waals surface area (Å²) in [5, 5.41) is 0.171. The van der Waals surface area contributed by atoms with Crippen molar-refractivity contribution in [1.29, 1.82) is 0 Å². The van der Waals surface area contributed by atoms with Gasteiger partial charge in [-0.25, -0.2) is 4.98 Å². The number of anilines is 1.